The van der Waals surface area contributed by atoms with Crippen molar-refractivity contribution in [1.29, 1.82) is 0 Å². The summed E-state index contributed by atoms with van der Waals surface area (Å²) in [5, 5.41) is 12.1. The number of hydrogen-bond donors (Lipinski definition) is 3. The highest BCUT2D eigenvalue weighted by molar-refractivity contribution is 5.83. The standard InChI is InChI=1S/C13H23N3O3/c14-9-5-1-2-6-10(9)15-13(19)16-8-4-3-7-11(16)12(17)18/h9-11H,1-8,14H2,(H,15,19)(H,17,18). The lowest BCUT2D eigenvalue weighted by Crippen LogP contribution is -2.57. The smallest absolute Gasteiger partial charge is 0.326 e. The number of nitrogens with two attached hydrogens (primary N) is 1. The third kappa shape index (κ3) is 3.37. The Labute approximate surface area is 113 Å². The molecule has 2 rings (SSSR count). The van der Waals surface area contributed by atoms with Crippen LogP contribution in [0.5, 0.6) is 0 Å². The summed E-state index contributed by atoms with van der Waals surface area (Å²) in [7, 11) is 0. The molecule has 0 aromatic rings. The number of nitrogens with zero attached hydrogens (tertiary/aromatic N) is 1. The number of urea groups is 1. The summed E-state index contributed by atoms with van der Waals surface area (Å²) in [5.41, 5.74) is 6.00. The van der Waals surface area contributed by atoms with Crippen LogP contribution in [-0.4, -0.2) is 46.7 Å². The van der Waals surface area contributed by atoms with Crippen LogP contribution < -0.4 is 11.1 Å². The first kappa shape index (κ1) is 14.1. The average Bonchev–Trinajstić information content (AvgIpc) is 2.41. The molecule has 2 fully saturated rings. The minimum absolute atomic E-state index is 0.00855. The number of carboxylic acid groups (broad SMARTS) is 1. The summed E-state index contributed by atoms with van der Waals surface area (Å²) in [5.74, 6) is -0.914. The maximum absolute atomic E-state index is 12.2. The van der Waals surface area contributed by atoms with Crippen molar-refractivity contribution in [2.24, 2.45) is 5.73 Å². The number of carbonyl (C=O) groups excluding carboxylic acids is 1. The molecule has 1 heterocycles. The molecule has 4 N–H and O–H groups in total. The van der Waals surface area contributed by atoms with Crippen LogP contribution in [0.4, 0.5) is 4.79 Å². The average molecular weight is 269 g/mol. The summed E-state index contributed by atoms with van der Waals surface area (Å²) in [4.78, 5) is 24.9. The van der Waals surface area contributed by atoms with Gasteiger partial charge in [0.1, 0.15) is 6.04 Å². The number of piperidine rings is 1. The van der Waals surface area contributed by atoms with Gasteiger partial charge in [-0.05, 0) is 32.1 Å². The molecule has 3 atom stereocenters. The van der Waals surface area contributed by atoms with E-state index in [2.05, 4.69) is 5.32 Å². The van der Waals surface area contributed by atoms with Gasteiger partial charge in [0, 0.05) is 18.6 Å². The van der Waals surface area contributed by atoms with E-state index in [1.165, 1.54) is 4.90 Å². The van der Waals surface area contributed by atoms with Crippen LogP contribution >= 0.6 is 0 Å². The van der Waals surface area contributed by atoms with E-state index in [1.54, 1.807) is 0 Å². The molecule has 0 bridgehead atoms. The number of aliphatic carboxylic acids is 1. The van der Waals surface area contributed by atoms with Crippen molar-refractivity contribution in [1.82, 2.24) is 10.2 Å². The largest absolute Gasteiger partial charge is 0.480 e. The highest BCUT2D eigenvalue weighted by Crippen LogP contribution is 2.20. The molecule has 1 saturated carbocycles. The fourth-order valence-corrected chi connectivity index (χ4v) is 3.01. The highest BCUT2D eigenvalue weighted by atomic mass is 16.4. The number of nitrogens with one attached hydrogen (secondary N) is 1. The van der Waals surface area contributed by atoms with E-state index in [1.807, 2.05) is 0 Å². The lowest BCUT2D eigenvalue weighted by atomic mass is 9.91. The second kappa shape index (κ2) is 6.23. The van der Waals surface area contributed by atoms with Gasteiger partial charge in [-0.15, -0.1) is 0 Å². The fourth-order valence-electron chi connectivity index (χ4n) is 3.01. The van der Waals surface area contributed by atoms with Crippen LogP contribution in [-0.2, 0) is 4.79 Å². The van der Waals surface area contributed by atoms with Gasteiger partial charge in [0.25, 0.3) is 0 Å². The summed E-state index contributed by atoms with van der Waals surface area (Å²) in [6.07, 6.45) is 6.26. The van der Waals surface area contributed by atoms with E-state index in [-0.39, 0.29) is 18.1 Å². The van der Waals surface area contributed by atoms with Gasteiger partial charge in [-0.25, -0.2) is 9.59 Å². The first-order valence-corrected chi connectivity index (χ1v) is 7.15. The lowest BCUT2D eigenvalue weighted by Gasteiger charge is -2.36. The maximum Gasteiger partial charge on any atom is 0.326 e. The molecule has 6 nitrogen and oxygen atoms in total. The molecular formula is C13H23N3O3. The van der Waals surface area contributed by atoms with Gasteiger partial charge < -0.3 is 21.1 Å². The topological polar surface area (TPSA) is 95.7 Å². The van der Waals surface area contributed by atoms with Gasteiger partial charge in [-0.2, -0.15) is 0 Å². The van der Waals surface area contributed by atoms with E-state index in [0.29, 0.717) is 13.0 Å². The van der Waals surface area contributed by atoms with E-state index in [0.717, 1.165) is 38.5 Å². The molecular weight excluding hydrogens is 246 g/mol. The Bertz CT molecular complexity index is 348. The Morgan fingerprint density at radius 1 is 1.11 bits per heavy atom. The number of likely N-dealkylation sites (tertiary alicyclic amines) is 1. The van der Waals surface area contributed by atoms with Crippen LogP contribution in [0.3, 0.4) is 0 Å². The number of hydrogen-bond acceptors (Lipinski definition) is 3. The van der Waals surface area contributed by atoms with Crippen molar-refractivity contribution < 1.29 is 14.7 Å². The van der Waals surface area contributed by atoms with Crippen molar-refractivity contribution in [2.45, 2.75) is 63.1 Å². The summed E-state index contributed by atoms with van der Waals surface area (Å²) < 4.78 is 0. The molecule has 2 amide bonds. The monoisotopic (exact) mass is 269 g/mol. The summed E-state index contributed by atoms with van der Waals surface area (Å²) in [6, 6.07) is -0.980. The Morgan fingerprint density at radius 2 is 1.79 bits per heavy atom. The number of rotatable bonds is 2. The van der Waals surface area contributed by atoms with Crippen LogP contribution in [0.1, 0.15) is 44.9 Å². The van der Waals surface area contributed by atoms with Gasteiger partial charge in [-0.1, -0.05) is 12.8 Å². The zero-order valence-corrected chi connectivity index (χ0v) is 11.2. The fraction of sp³-hybridized carbons (Fsp3) is 0.846. The molecule has 0 spiro atoms. The van der Waals surface area contributed by atoms with Gasteiger partial charge >= 0.3 is 12.0 Å². The van der Waals surface area contributed by atoms with Gasteiger partial charge in [0.2, 0.25) is 0 Å². The van der Waals surface area contributed by atoms with Crippen molar-refractivity contribution >= 4 is 12.0 Å². The Hall–Kier alpha value is -1.30. The Morgan fingerprint density at radius 3 is 2.47 bits per heavy atom. The van der Waals surface area contributed by atoms with Crippen molar-refractivity contribution in [3.63, 3.8) is 0 Å². The number of carboxylic acids is 1. The molecule has 6 heteroatoms. The van der Waals surface area contributed by atoms with Crippen LogP contribution in [0.15, 0.2) is 0 Å². The molecule has 2 aliphatic rings. The predicted octanol–water partition coefficient (Wildman–Crippen LogP) is 0.905. The van der Waals surface area contributed by atoms with Crippen molar-refractivity contribution in [3.8, 4) is 0 Å². The van der Waals surface area contributed by atoms with Gasteiger partial charge in [-0.3, -0.25) is 0 Å². The molecule has 1 saturated heterocycles. The third-order valence-electron chi connectivity index (χ3n) is 4.18. The summed E-state index contributed by atoms with van der Waals surface area (Å²) in [6.45, 7) is 0.519. The molecule has 1 aliphatic heterocycles. The molecule has 1 aliphatic carbocycles. The van der Waals surface area contributed by atoms with E-state index < -0.39 is 12.0 Å². The van der Waals surface area contributed by atoms with Crippen molar-refractivity contribution in [3.05, 3.63) is 0 Å². The minimum Gasteiger partial charge on any atom is -0.480 e. The first-order chi connectivity index (χ1) is 9.09. The SMILES string of the molecule is NC1CCCCC1NC(=O)N1CCCCC1C(=O)O. The molecule has 19 heavy (non-hydrogen) atoms. The summed E-state index contributed by atoms with van der Waals surface area (Å²) >= 11 is 0. The van der Waals surface area contributed by atoms with E-state index in [9.17, 15) is 9.59 Å². The zero-order chi connectivity index (χ0) is 13.8. The number of amides is 2. The third-order valence-corrected chi connectivity index (χ3v) is 4.18. The molecule has 0 radical (unpaired) electrons. The number of carbonyl (C=O) groups is 2. The lowest BCUT2D eigenvalue weighted by molar-refractivity contribution is -0.143. The predicted molar refractivity (Wildman–Crippen MR) is 70.7 cm³/mol. The van der Waals surface area contributed by atoms with Crippen LogP contribution in [0, 0.1) is 0 Å². The van der Waals surface area contributed by atoms with E-state index >= 15 is 0 Å². The van der Waals surface area contributed by atoms with E-state index in [4.69, 9.17) is 10.8 Å². The minimum atomic E-state index is -0.914. The Balaban J connectivity index is 1.95. The first-order valence-electron chi connectivity index (χ1n) is 7.15. The van der Waals surface area contributed by atoms with Gasteiger partial charge in [0.05, 0.1) is 0 Å². The molecule has 108 valence electrons. The zero-order valence-electron chi connectivity index (χ0n) is 11.2. The molecule has 0 aromatic carbocycles. The van der Waals surface area contributed by atoms with Crippen molar-refractivity contribution in [2.75, 3.05) is 6.54 Å². The van der Waals surface area contributed by atoms with Crippen LogP contribution in [0.25, 0.3) is 0 Å². The highest BCUT2D eigenvalue weighted by Gasteiger charge is 2.33. The van der Waals surface area contributed by atoms with Crippen LogP contribution in [0.2, 0.25) is 0 Å². The molecule has 0 aromatic heterocycles. The maximum atomic E-state index is 12.2. The van der Waals surface area contributed by atoms with Gasteiger partial charge in [0.15, 0.2) is 0 Å². The Kier molecular flexibility index (Phi) is 4.63. The second-order valence-electron chi connectivity index (χ2n) is 5.55. The molecule has 3 unspecified atom stereocenters. The second-order valence-corrected chi connectivity index (χ2v) is 5.55. The quantitative estimate of drug-likeness (QED) is 0.694. The normalized spacial score (nSPS) is 31.8.